The maximum absolute atomic E-state index is 4.42. The van der Waals surface area contributed by atoms with E-state index in [0.717, 1.165) is 0 Å². The van der Waals surface area contributed by atoms with E-state index in [-0.39, 0.29) is 12.4 Å². The highest BCUT2D eigenvalue weighted by molar-refractivity contribution is 5.85. The van der Waals surface area contributed by atoms with Gasteiger partial charge in [0.2, 0.25) is 0 Å². The zero-order valence-electron chi connectivity index (χ0n) is 3.39. The molecule has 0 aliphatic carbocycles. The average Bonchev–Trinajstić information content (AvgIpc) is 1.37. The highest BCUT2D eigenvalue weighted by Crippen LogP contribution is 1.12. The molecule has 0 aliphatic heterocycles. The number of nitrogens with two attached hydrogens (primary N) is 1. The molecule has 2 nitrogen and oxygen atoms in total. The van der Waals surface area contributed by atoms with Gasteiger partial charge in [0.05, 0.1) is 14.2 Å². The summed E-state index contributed by atoms with van der Waals surface area (Å²) >= 11 is 0. The van der Waals surface area contributed by atoms with Crippen molar-refractivity contribution >= 4 is 12.4 Å². The van der Waals surface area contributed by atoms with Gasteiger partial charge < -0.3 is 0 Å². The van der Waals surface area contributed by atoms with Gasteiger partial charge in [-0.05, 0) is 0 Å². The Hall–Kier alpha value is 0.210. The van der Waals surface area contributed by atoms with Gasteiger partial charge in [-0.15, -0.1) is 12.4 Å². The zero-order valence-corrected chi connectivity index (χ0v) is 4.21. The Morgan fingerprint density at radius 2 is 1.80 bits per heavy atom. The van der Waals surface area contributed by atoms with Crippen LogP contribution in [0.4, 0.5) is 0 Å². The maximum atomic E-state index is 4.42. The van der Waals surface area contributed by atoms with E-state index in [9.17, 15) is 0 Å². The van der Waals surface area contributed by atoms with Crippen molar-refractivity contribution in [3.05, 3.63) is 0 Å². The summed E-state index contributed by atoms with van der Waals surface area (Å²) in [5.41, 5.74) is 1.62. The average molecular weight is 98.6 g/mol. The molecule has 0 bridgehead atoms. The summed E-state index contributed by atoms with van der Waals surface area (Å²) in [7, 11) is 3.46. The fraction of sp³-hybridized carbons (Fsp3) is 1.00. The Kier molecular flexibility index (Phi) is 15.9. The summed E-state index contributed by atoms with van der Waals surface area (Å²) in [4.78, 5) is 4.42. The fourth-order valence-electron chi connectivity index (χ4n) is 0. The van der Waals surface area contributed by atoms with E-state index in [0.29, 0.717) is 0 Å². The van der Waals surface area contributed by atoms with Gasteiger partial charge in [0.1, 0.15) is 0 Å². The quantitative estimate of drug-likeness (QED) is 0.426. The summed E-state index contributed by atoms with van der Waals surface area (Å²) < 4.78 is 0. The highest BCUT2D eigenvalue weighted by atomic mass is 35.5. The van der Waals surface area contributed by atoms with Crippen molar-refractivity contribution in [2.24, 2.45) is 0 Å². The van der Waals surface area contributed by atoms with Crippen molar-refractivity contribution in [2.75, 3.05) is 14.2 Å². The maximum Gasteiger partial charge on any atom is 0.0952 e. The molecule has 0 fully saturated rings. The van der Waals surface area contributed by atoms with Gasteiger partial charge in [-0.25, -0.2) is 10.3 Å². The van der Waals surface area contributed by atoms with Gasteiger partial charge in [0, 0.05) is 0 Å². The molecular weight excluding hydrogens is 89.5 g/mol. The van der Waals surface area contributed by atoms with Gasteiger partial charge in [0.25, 0.3) is 0 Å². The first-order valence-electron chi connectivity index (χ1n) is 1.22. The second kappa shape index (κ2) is 8.88. The first-order valence-corrected chi connectivity index (χ1v) is 1.22. The molecule has 3 heteroatoms. The predicted molar refractivity (Wildman–Crippen MR) is 22.1 cm³/mol. The number of rotatable bonds is 1. The monoisotopic (exact) mass is 98.0 g/mol. The molecule has 0 aromatic rings. The third-order valence-electron chi connectivity index (χ3n) is 0.236. The van der Waals surface area contributed by atoms with E-state index in [1.165, 1.54) is 0 Å². The summed E-state index contributed by atoms with van der Waals surface area (Å²) in [6.07, 6.45) is 0. The van der Waals surface area contributed by atoms with Gasteiger partial charge in [-0.3, -0.25) is 0 Å². The molecule has 0 saturated carbocycles. The third-order valence-corrected chi connectivity index (χ3v) is 0.236. The molecule has 0 saturated heterocycles. The van der Waals surface area contributed by atoms with E-state index < -0.39 is 0 Å². The molecule has 0 aliphatic rings. The lowest BCUT2D eigenvalue weighted by Crippen LogP contribution is -2.77. The minimum absolute atomic E-state index is 0. The molecule has 0 spiro atoms. The van der Waals surface area contributed by atoms with Crippen LogP contribution in [0.5, 0.6) is 0 Å². The Morgan fingerprint density at radius 1 is 1.60 bits per heavy atom. The molecule has 5 heavy (non-hydrogen) atoms. The lowest BCUT2D eigenvalue weighted by Gasteiger charge is -1.75. The van der Waals surface area contributed by atoms with Crippen LogP contribution in [-0.4, -0.2) is 14.2 Å². The molecule has 0 unspecified atom stereocenters. The molecule has 0 heterocycles. The Labute approximate surface area is 37.9 Å². The summed E-state index contributed by atoms with van der Waals surface area (Å²) in [5, 5.41) is 0. The van der Waals surface area contributed by atoms with Gasteiger partial charge in [0.15, 0.2) is 0 Å². The van der Waals surface area contributed by atoms with Crippen molar-refractivity contribution in [1.82, 2.24) is 0 Å². The normalized spacial score (nSPS) is 6.00. The number of halogens is 1. The molecular formula is C2H9ClNO+. The summed E-state index contributed by atoms with van der Waals surface area (Å²) in [6, 6.07) is 0. The van der Waals surface area contributed by atoms with Crippen molar-refractivity contribution in [3.8, 4) is 0 Å². The fourth-order valence-corrected chi connectivity index (χ4v) is 0. The lowest BCUT2D eigenvalue weighted by atomic mass is 11.5. The standard InChI is InChI=1S/C2H7NO.ClH/c1-3-4-2;/h3H,1-2H3;1H/p+1. The second-order valence-corrected chi connectivity index (χ2v) is 0.471. The number of hydroxylamine groups is 1. The second-order valence-electron chi connectivity index (χ2n) is 0.471. The number of hydrogen-bond acceptors (Lipinski definition) is 1. The Bertz CT molecular complexity index is 11.6. The Balaban J connectivity index is 0. The van der Waals surface area contributed by atoms with Crippen LogP contribution in [0.15, 0.2) is 0 Å². The van der Waals surface area contributed by atoms with Crippen LogP contribution in [-0.2, 0) is 4.84 Å². The topological polar surface area (TPSA) is 25.8 Å². The summed E-state index contributed by atoms with van der Waals surface area (Å²) in [5.74, 6) is 0. The predicted octanol–water partition coefficient (Wildman–Crippen LogP) is -0.837. The zero-order chi connectivity index (χ0) is 3.41. The highest BCUT2D eigenvalue weighted by Gasteiger charge is 1.50. The SMILES string of the molecule is C[NH2+]OC.Cl. The van der Waals surface area contributed by atoms with E-state index in [4.69, 9.17) is 0 Å². The summed E-state index contributed by atoms with van der Waals surface area (Å²) in [6.45, 7) is 0. The van der Waals surface area contributed by atoms with E-state index in [1.54, 1.807) is 12.6 Å². The van der Waals surface area contributed by atoms with Gasteiger partial charge in [-0.2, -0.15) is 0 Å². The van der Waals surface area contributed by atoms with Crippen molar-refractivity contribution < 1.29 is 10.3 Å². The van der Waals surface area contributed by atoms with Crippen LogP contribution < -0.4 is 5.48 Å². The molecule has 0 aromatic carbocycles. The van der Waals surface area contributed by atoms with E-state index in [2.05, 4.69) is 4.84 Å². The first kappa shape index (κ1) is 8.96. The van der Waals surface area contributed by atoms with E-state index >= 15 is 0 Å². The molecule has 0 radical (unpaired) electrons. The first-order chi connectivity index (χ1) is 1.91. The number of hydrogen-bond donors (Lipinski definition) is 1. The minimum atomic E-state index is 0. The molecule has 0 rings (SSSR count). The third kappa shape index (κ3) is 14.0. The number of quaternary nitrogens is 1. The van der Waals surface area contributed by atoms with Crippen molar-refractivity contribution in [2.45, 2.75) is 0 Å². The molecule has 2 N–H and O–H groups in total. The molecule has 0 atom stereocenters. The van der Waals surface area contributed by atoms with Gasteiger partial charge in [-0.1, -0.05) is 0 Å². The van der Waals surface area contributed by atoms with Gasteiger partial charge >= 0.3 is 0 Å². The van der Waals surface area contributed by atoms with Crippen LogP contribution >= 0.6 is 12.4 Å². The molecule has 34 valence electrons. The molecule has 0 amide bonds. The minimum Gasteiger partial charge on any atom is -0.210 e. The van der Waals surface area contributed by atoms with Crippen LogP contribution in [0.2, 0.25) is 0 Å². The van der Waals surface area contributed by atoms with Crippen LogP contribution in [0.3, 0.4) is 0 Å². The van der Waals surface area contributed by atoms with Crippen LogP contribution in [0.1, 0.15) is 0 Å². The van der Waals surface area contributed by atoms with Crippen LogP contribution in [0.25, 0.3) is 0 Å². The van der Waals surface area contributed by atoms with Crippen molar-refractivity contribution in [3.63, 3.8) is 0 Å². The van der Waals surface area contributed by atoms with Crippen molar-refractivity contribution in [1.29, 1.82) is 0 Å². The smallest absolute Gasteiger partial charge is 0.0952 e. The Morgan fingerprint density at radius 3 is 1.80 bits per heavy atom. The molecule has 0 aromatic heterocycles. The largest absolute Gasteiger partial charge is 0.210 e. The van der Waals surface area contributed by atoms with E-state index in [1.807, 2.05) is 7.05 Å². The lowest BCUT2D eigenvalue weighted by molar-refractivity contribution is -0.871. The van der Waals surface area contributed by atoms with Crippen LogP contribution in [0, 0.1) is 0 Å².